The second kappa shape index (κ2) is 6.01. The minimum Gasteiger partial charge on any atom is -0.466 e. The van der Waals surface area contributed by atoms with Gasteiger partial charge in [-0.1, -0.05) is 30.3 Å². The lowest BCUT2D eigenvalue weighted by Gasteiger charge is -2.21. The monoisotopic (exact) mass is 248 g/mol. The van der Waals surface area contributed by atoms with Crippen LogP contribution in [0.2, 0.25) is 0 Å². The predicted octanol–water partition coefficient (Wildman–Crippen LogP) is 2.49. The van der Waals surface area contributed by atoms with E-state index in [2.05, 4.69) is 0 Å². The van der Waals surface area contributed by atoms with Gasteiger partial charge in [-0.3, -0.25) is 4.79 Å². The highest BCUT2D eigenvalue weighted by molar-refractivity contribution is 5.69. The first-order valence-corrected chi connectivity index (χ1v) is 6.61. The maximum absolute atomic E-state index is 11.6. The minimum atomic E-state index is -0.341. The molecule has 0 aliphatic heterocycles. The molecule has 3 unspecified atom stereocenters. The van der Waals surface area contributed by atoms with Crippen LogP contribution >= 0.6 is 0 Å². The molecule has 0 amide bonds. The van der Waals surface area contributed by atoms with Crippen molar-refractivity contribution in [3.8, 4) is 0 Å². The van der Waals surface area contributed by atoms with Crippen LogP contribution in [0.4, 0.5) is 0 Å². The standard InChI is InChI=1S/C15H20O3/c1-2-18-14(17)10-12-8-9-13(16)15(12)11-6-4-3-5-7-11/h3-7,12-13,15-16H,2,8-10H2,1H3. The van der Waals surface area contributed by atoms with Crippen LogP contribution in [-0.4, -0.2) is 23.8 Å². The zero-order valence-electron chi connectivity index (χ0n) is 10.7. The molecule has 1 fully saturated rings. The summed E-state index contributed by atoms with van der Waals surface area (Å²) in [5.74, 6) is 0.106. The highest BCUT2D eigenvalue weighted by atomic mass is 16.5. The predicted molar refractivity (Wildman–Crippen MR) is 69.2 cm³/mol. The molecule has 1 aliphatic carbocycles. The van der Waals surface area contributed by atoms with Gasteiger partial charge in [-0.25, -0.2) is 0 Å². The summed E-state index contributed by atoms with van der Waals surface area (Å²) in [5.41, 5.74) is 1.12. The third-order valence-corrected chi connectivity index (χ3v) is 3.67. The average Bonchev–Trinajstić information content (AvgIpc) is 2.72. The largest absolute Gasteiger partial charge is 0.466 e. The Morgan fingerprint density at radius 3 is 2.72 bits per heavy atom. The van der Waals surface area contributed by atoms with Gasteiger partial charge in [0.1, 0.15) is 0 Å². The van der Waals surface area contributed by atoms with Crippen LogP contribution in [0.15, 0.2) is 30.3 Å². The average molecular weight is 248 g/mol. The van der Waals surface area contributed by atoms with E-state index in [4.69, 9.17) is 4.74 Å². The van der Waals surface area contributed by atoms with Gasteiger partial charge in [0.15, 0.2) is 0 Å². The summed E-state index contributed by atoms with van der Waals surface area (Å²) in [6.45, 7) is 2.24. The molecular weight excluding hydrogens is 228 g/mol. The molecule has 3 atom stereocenters. The molecule has 0 heterocycles. The Morgan fingerprint density at radius 2 is 2.06 bits per heavy atom. The SMILES string of the molecule is CCOC(=O)CC1CCC(O)C1c1ccccc1. The number of hydrogen-bond acceptors (Lipinski definition) is 3. The van der Waals surface area contributed by atoms with Gasteiger partial charge in [0.05, 0.1) is 12.7 Å². The summed E-state index contributed by atoms with van der Waals surface area (Å²) in [5, 5.41) is 10.1. The highest BCUT2D eigenvalue weighted by Crippen LogP contribution is 2.41. The van der Waals surface area contributed by atoms with Crippen molar-refractivity contribution in [2.45, 2.75) is 38.2 Å². The topological polar surface area (TPSA) is 46.5 Å². The van der Waals surface area contributed by atoms with Crippen molar-refractivity contribution in [2.24, 2.45) is 5.92 Å². The molecule has 0 radical (unpaired) electrons. The second-order valence-electron chi connectivity index (χ2n) is 4.85. The third kappa shape index (κ3) is 2.91. The minimum absolute atomic E-state index is 0.0654. The van der Waals surface area contributed by atoms with Crippen molar-refractivity contribution < 1.29 is 14.6 Å². The summed E-state index contributed by atoms with van der Waals surface area (Å²) in [7, 11) is 0. The number of hydrogen-bond donors (Lipinski definition) is 1. The summed E-state index contributed by atoms with van der Waals surface area (Å²) in [6.07, 6.45) is 1.72. The van der Waals surface area contributed by atoms with E-state index in [9.17, 15) is 9.90 Å². The number of aliphatic hydroxyl groups is 1. The Bertz CT molecular complexity index is 388. The number of carbonyl (C=O) groups excluding carboxylic acids is 1. The molecule has 98 valence electrons. The van der Waals surface area contributed by atoms with Crippen molar-refractivity contribution in [1.29, 1.82) is 0 Å². The Hall–Kier alpha value is -1.35. The number of benzene rings is 1. The van der Waals surface area contributed by atoms with E-state index in [0.29, 0.717) is 13.0 Å². The van der Waals surface area contributed by atoms with Crippen LogP contribution in [0, 0.1) is 5.92 Å². The number of esters is 1. The molecule has 3 heteroatoms. The summed E-state index contributed by atoms with van der Waals surface area (Å²) < 4.78 is 5.00. The van der Waals surface area contributed by atoms with E-state index in [1.807, 2.05) is 37.3 Å². The van der Waals surface area contributed by atoms with Crippen molar-refractivity contribution in [3.63, 3.8) is 0 Å². The molecule has 0 spiro atoms. The molecule has 1 aromatic rings. The maximum atomic E-state index is 11.6. The van der Waals surface area contributed by atoms with Crippen LogP contribution in [0.5, 0.6) is 0 Å². The van der Waals surface area contributed by atoms with Gasteiger partial charge in [-0.2, -0.15) is 0 Å². The zero-order chi connectivity index (χ0) is 13.0. The molecule has 0 aromatic heterocycles. The number of aliphatic hydroxyl groups excluding tert-OH is 1. The first kappa shape index (κ1) is 13.1. The first-order chi connectivity index (χ1) is 8.72. The van der Waals surface area contributed by atoms with Crippen molar-refractivity contribution >= 4 is 5.97 Å². The molecule has 1 saturated carbocycles. The van der Waals surface area contributed by atoms with E-state index in [0.717, 1.165) is 18.4 Å². The van der Waals surface area contributed by atoms with E-state index in [1.165, 1.54) is 0 Å². The fraction of sp³-hybridized carbons (Fsp3) is 0.533. The summed E-state index contributed by atoms with van der Waals surface area (Å²) in [4.78, 5) is 11.6. The fourth-order valence-electron chi connectivity index (χ4n) is 2.89. The van der Waals surface area contributed by atoms with E-state index < -0.39 is 0 Å². The molecular formula is C15H20O3. The number of ether oxygens (including phenoxy) is 1. The molecule has 1 aliphatic rings. The lowest BCUT2D eigenvalue weighted by molar-refractivity contribution is -0.144. The van der Waals surface area contributed by atoms with Gasteiger partial charge >= 0.3 is 5.97 Å². The lowest BCUT2D eigenvalue weighted by atomic mass is 9.86. The zero-order valence-corrected chi connectivity index (χ0v) is 10.7. The molecule has 0 saturated heterocycles. The number of rotatable bonds is 4. The first-order valence-electron chi connectivity index (χ1n) is 6.61. The molecule has 18 heavy (non-hydrogen) atoms. The highest BCUT2D eigenvalue weighted by Gasteiger charge is 2.37. The maximum Gasteiger partial charge on any atom is 0.306 e. The Balaban J connectivity index is 2.08. The summed E-state index contributed by atoms with van der Waals surface area (Å²) >= 11 is 0. The van der Waals surface area contributed by atoms with Gasteiger partial charge in [0.25, 0.3) is 0 Å². The smallest absolute Gasteiger partial charge is 0.306 e. The lowest BCUT2D eigenvalue weighted by Crippen LogP contribution is -2.20. The van der Waals surface area contributed by atoms with Gasteiger partial charge in [-0.15, -0.1) is 0 Å². The molecule has 2 rings (SSSR count). The Morgan fingerprint density at radius 1 is 1.33 bits per heavy atom. The van der Waals surface area contributed by atoms with Crippen molar-refractivity contribution in [1.82, 2.24) is 0 Å². The van der Waals surface area contributed by atoms with E-state index in [1.54, 1.807) is 0 Å². The molecule has 1 aromatic carbocycles. The fourth-order valence-corrected chi connectivity index (χ4v) is 2.89. The van der Waals surface area contributed by atoms with Gasteiger partial charge < -0.3 is 9.84 Å². The van der Waals surface area contributed by atoms with Crippen LogP contribution in [0.25, 0.3) is 0 Å². The second-order valence-corrected chi connectivity index (χ2v) is 4.85. The van der Waals surface area contributed by atoms with Crippen LogP contribution in [-0.2, 0) is 9.53 Å². The Labute approximate surface area is 108 Å². The quantitative estimate of drug-likeness (QED) is 0.833. The summed E-state index contributed by atoms with van der Waals surface area (Å²) in [6, 6.07) is 9.96. The third-order valence-electron chi connectivity index (χ3n) is 3.67. The van der Waals surface area contributed by atoms with Gasteiger partial charge in [0.2, 0.25) is 0 Å². The van der Waals surface area contributed by atoms with Gasteiger partial charge in [-0.05, 0) is 31.2 Å². The molecule has 1 N–H and O–H groups in total. The Kier molecular flexibility index (Phi) is 4.37. The van der Waals surface area contributed by atoms with E-state index in [-0.39, 0.29) is 23.9 Å². The molecule has 3 nitrogen and oxygen atoms in total. The van der Waals surface area contributed by atoms with Crippen molar-refractivity contribution in [3.05, 3.63) is 35.9 Å². The van der Waals surface area contributed by atoms with Gasteiger partial charge in [0, 0.05) is 12.3 Å². The molecule has 0 bridgehead atoms. The van der Waals surface area contributed by atoms with Crippen LogP contribution in [0.1, 0.15) is 37.7 Å². The van der Waals surface area contributed by atoms with Crippen molar-refractivity contribution in [2.75, 3.05) is 6.61 Å². The van der Waals surface area contributed by atoms with Crippen LogP contribution in [0.3, 0.4) is 0 Å². The normalized spacial score (nSPS) is 27.1. The van der Waals surface area contributed by atoms with Crippen LogP contribution < -0.4 is 0 Å². The van der Waals surface area contributed by atoms with E-state index >= 15 is 0 Å². The number of carbonyl (C=O) groups is 1.